The highest BCUT2D eigenvalue weighted by Gasteiger charge is 2.35. The van der Waals surface area contributed by atoms with Gasteiger partial charge in [0.1, 0.15) is 0 Å². The Labute approximate surface area is 155 Å². The van der Waals surface area contributed by atoms with Crippen LogP contribution in [-0.2, 0) is 0 Å². The summed E-state index contributed by atoms with van der Waals surface area (Å²) in [4.78, 5) is 31.6. The molecule has 1 aliphatic rings. The van der Waals surface area contributed by atoms with Gasteiger partial charge in [0.05, 0.1) is 38.5 Å². The zero-order valence-electron chi connectivity index (χ0n) is 13.7. The van der Waals surface area contributed by atoms with Gasteiger partial charge in [-0.25, -0.2) is 0 Å². The average Bonchev–Trinajstić information content (AvgIpc) is 2.97. The minimum atomic E-state index is -1.26. The molecule has 11 heteroatoms. The van der Waals surface area contributed by atoms with Gasteiger partial charge in [-0.05, 0) is 28.8 Å². The van der Waals surface area contributed by atoms with E-state index in [4.69, 9.17) is 10.5 Å². The number of fused-ring (bicyclic) bond motifs is 3. The quantitative estimate of drug-likeness (QED) is 0.489. The number of hydrogen-bond donors (Lipinski definition) is 0. The molecular formula is C17H7N5O6. The first-order valence-electron chi connectivity index (χ1n) is 7.56. The predicted octanol–water partition coefficient (Wildman–Crippen LogP) is 3.49. The first-order valence-corrected chi connectivity index (χ1v) is 7.56. The molecule has 0 heterocycles. The third-order valence-electron chi connectivity index (χ3n) is 4.18. The lowest BCUT2D eigenvalue weighted by Crippen LogP contribution is -1.97. The highest BCUT2D eigenvalue weighted by Crippen LogP contribution is 2.51. The lowest BCUT2D eigenvalue weighted by atomic mass is 9.98. The van der Waals surface area contributed by atoms with Crippen LogP contribution in [0.3, 0.4) is 0 Å². The number of nitrogens with zero attached hydrogens (tertiary/aromatic N) is 5. The van der Waals surface area contributed by atoms with Crippen LogP contribution in [0.4, 0.5) is 17.1 Å². The van der Waals surface area contributed by atoms with Gasteiger partial charge in [-0.15, -0.1) is 0 Å². The van der Waals surface area contributed by atoms with E-state index in [0.717, 1.165) is 24.3 Å². The Hall–Kier alpha value is -4.64. The fraction of sp³-hybridized carbons (Fsp3) is 0.0588. The summed E-state index contributed by atoms with van der Waals surface area (Å²) in [6.45, 7) is 0. The Morgan fingerprint density at radius 3 is 1.96 bits per heavy atom. The largest absolute Gasteiger partial charge is 0.284 e. The molecule has 0 saturated heterocycles. The Morgan fingerprint density at radius 2 is 1.43 bits per heavy atom. The normalized spacial score (nSPS) is 12.8. The van der Waals surface area contributed by atoms with Gasteiger partial charge >= 0.3 is 0 Å². The van der Waals surface area contributed by atoms with Crippen molar-refractivity contribution >= 4 is 22.6 Å². The van der Waals surface area contributed by atoms with Crippen molar-refractivity contribution in [3.8, 4) is 23.3 Å². The number of rotatable bonds is 4. The average molecular weight is 377 g/mol. The van der Waals surface area contributed by atoms with Crippen molar-refractivity contribution in [3.63, 3.8) is 0 Å². The smallest absolute Gasteiger partial charge is 0.258 e. The second-order valence-electron chi connectivity index (χ2n) is 5.70. The van der Waals surface area contributed by atoms with Gasteiger partial charge in [0, 0.05) is 23.8 Å². The summed E-state index contributed by atoms with van der Waals surface area (Å²) >= 11 is 0. The summed E-state index contributed by atoms with van der Waals surface area (Å²) in [5, 5.41) is 52.0. The molecule has 0 atom stereocenters. The highest BCUT2D eigenvalue weighted by atomic mass is 16.6. The van der Waals surface area contributed by atoms with Crippen LogP contribution in [0.25, 0.3) is 16.7 Å². The fourth-order valence-corrected chi connectivity index (χ4v) is 3.04. The number of nitro groups is 3. The van der Waals surface area contributed by atoms with Gasteiger partial charge in [0.15, 0.2) is 5.92 Å². The van der Waals surface area contributed by atoms with Crippen LogP contribution in [0.1, 0.15) is 11.1 Å². The summed E-state index contributed by atoms with van der Waals surface area (Å²) in [7, 11) is 0. The molecule has 28 heavy (non-hydrogen) atoms. The van der Waals surface area contributed by atoms with Gasteiger partial charge in [-0.3, -0.25) is 30.3 Å². The van der Waals surface area contributed by atoms with E-state index in [9.17, 15) is 30.3 Å². The Balaban J connectivity index is 2.44. The minimum absolute atomic E-state index is 0.0429. The molecule has 0 fully saturated rings. The van der Waals surface area contributed by atoms with E-state index in [-0.39, 0.29) is 33.5 Å². The van der Waals surface area contributed by atoms with Crippen molar-refractivity contribution < 1.29 is 14.8 Å². The van der Waals surface area contributed by atoms with Crippen molar-refractivity contribution in [2.24, 2.45) is 5.92 Å². The third-order valence-corrected chi connectivity index (χ3v) is 4.18. The maximum atomic E-state index is 11.5. The summed E-state index contributed by atoms with van der Waals surface area (Å²) in [5.41, 5.74) is -0.745. The van der Waals surface area contributed by atoms with Crippen LogP contribution in [-0.4, -0.2) is 14.8 Å². The van der Waals surface area contributed by atoms with Crippen molar-refractivity contribution in [1.29, 1.82) is 10.5 Å². The van der Waals surface area contributed by atoms with Gasteiger partial charge < -0.3 is 0 Å². The number of allylic oxidation sites excluding steroid dienone is 1. The molecule has 0 amide bonds. The van der Waals surface area contributed by atoms with Crippen LogP contribution in [0.2, 0.25) is 0 Å². The van der Waals surface area contributed by atoms with E-state index < -0.39 is 32.1 Å². The maximum absolute atomic E-state index is 11.5. The molecule has 0 spiro atoms. The second-order valence-corrected chi connectivity index (χ2v) is 5.70. The zero-order valence-corrected chi connectivity index (χ0v) is 13.7. The molecule has 3 rings (SSSR count). The number of non-ortho nitro benzene ring substituents is 2. The molecule has 0 unspecified atom stereocenters. The number of nitro benzene ring substituents is 3. The van der Waals surface area contributed by atoms with E-state index in [1.54, 1.807) is 12.1 Å². The number of benzene rings is 2. The highest BCUT2D eigenvalue weighted by molar-refractivity contribution is 6.05. The Kier molecular flexibility index (Phi) is 4.27. The monoisotopic (exact) mass is 377 g/mol. The lowest BCUT2D eigenvalue weighted by molar-refractivity contribution is -0.393. The van der Waals surface area contributed by atoms with E-state index >= 15 is 0 Å². The molecule has 0 bridgehead atoms. The summed E-state index contributed by atoms with van der Waals surface area (Å²) in [6, 6.07) is 8.94. The van der Waals surface area contributed by atoms with Crippen molar-refractivity contribution in [2.45, 2.75) is 0 Å². The molecule has 0 N–H and O–H groups in total. The molecule has 136 valence electrons. The van der Waals surface area contributed by atoms with Gasteiger partial charge in [-0.1, -0.05) is 0 Å². The van der Waals surface area contributed by atoms with Crippen LogP contribution in [0, 0.1) is 58.9 Å². The van der Waals surface area contributed by atoms with Crippen LogP contribution < -0.4 is 0 Å². The van der Waals surface area contributed by atoms with Crippen LogP contribution >= 0.6 is 0 Å². The number of nitriles is 2. The van der Waals surface area contributed by atoms with E-state index in [1.165, 1.54) is 12.1 Å². The molecule has 0 radical (unpaired) electrons. The SMILES string of the molecule is N#CC(C#N)C=C1c2cc([N+](=O)[O-])ccc2-c2c1cc([N+](=O)[O-])cc2[N+](=O)[O-]. The molecule has 2 aromatic rings. The Bertz CT molecular complexity index is 1170. The van der Waals surface area contributed by atoms with Crippen molar-refractivity contribution in [2.75, 3.05) is 0 Å². The standard InChI is InChI=1S/C17H7N5O6/c18-7-9(8-19)3-13-14-4-10(20(23)24)1-2-12(14)17-15(13)5-11(21(25)26)6-16(17)22(27)28/h1-6,9H. The maximum Gasteiger partial charge on any atom is 0.284 e. The molecule has 2 aromatic carbocycles. The molecule has 11 nitrogen and oxygen atoms in total. The molecule has 1 aliphatic carbocycles. The summed E-state index contributed by atoms with van der Waals surface area (Å²) in [6.07, 6.45) is 1.18. The first-order chi connectivity index (χ1) is 13.3. The first kappa shape index (κ1) is 18.2. The fourth-order valence-electron chi connectivity index (χ4n) is 3.04. The van der Waals surface area contributed by atoms with E-state index in [2.05, 4.69) is 0 Å². The van der Waals surface area contributed by atoms with Crippen LogP contribution in [0.5, 0.6) is 0 Å². The summed E-state index contributed by atoms with van der Waals surface area (Å²) < 4.78 is 0. The molecule has 0 saturated carbocycles. The van der Waals surface area contributed by atoms with Gasteiger partial charge in [0.2, 0.25) is 0 Å². The predicted molar refractivity (Wildman–Crippen MR) is 93.6 cm³/mol. The molecule has 0 aromatic heterocycles. The second kappa shape index (κ2) is 6.59. The van der Waals surface area contributed by atoms with E-state index in [0.29, 0.717) is 0 Å². The third kappa shape index (κ3) is 2.79. The topological polar surface area (TPSA) is 177 Å². The minimum Gasteiger partial charge on any atom is -0.258 e. The molecular weight excluding hydrogens is 370 g/mol. The lowest BCUT2D eigenvalue weighted by Gasteiger charge is -2.04. The molecule has 0 aliphatic heterocycles. The zero-order chi connectivity index (χ0) is 20.6. The van der Waals surface area contributed by atoms with Gasteiger partial charge in [-0.2, -0.15) is 10.5 Å². The van der Waals surface area contributed by atoms with Crippen molar-refractivity contribution in [1.82, 2.24) is 0 Å². The van der Waals surface area contributed by atoms with Crippen LogP contribution in [0.15, 0.2) is 36.4 Å². The summed E-state index contributed by atoms with van der Waals surface area (Å²) in [5.74, 6) is -1.26. The van der Waals surface area contributed by atoms with Gasteiger partial charge in [0.25, 0.3) is 17.1 Å². The Morgan fingerprint density at radius 1 is 0.821 bits per heavy atom. The number of hydrogen-bond acceptors (Lipinski definition) is 8. The van der Waals surface area contributed by atoms with E-state index in [1.807, 2.05) is 0 Å². The van der Waals surface area contributed by atoms with Crippen molar-refractivity contribution in [3.05, 3.63) is 77.9 Å².